The van der Waals surface area contributed by atoms with Crippen molar-refractivity contribution in [3.63, 3.8) is 0 Å². The lowest BCUT2D eigenvalue weighted by atomic mass is 10.2. The van der Waals surface area contributed by atoms with E-state index in [1.807, 2.05) is 0 Å². The molecule has 0 aromatic carbocycles. The molecule has 1 N–H and O–H groups in total. The summed E-state index contributed by atoms with van der Waals surface area (Å²) in [5, 5.41) is 7.00. The molecule has 0 spiro atoms. The molecule has 1 rings (SSSR count). The third kappa shape index (κ3) is 1.17. The molecule has 0 bridgehead atoms. The fraction of sp³-hybridized carbons (Fsp3) is 0.714. The summed E-state index contributed by atoms with van der Waals surface area (Å²) in [6.07, 6.45) is 3.36. The van der Waals surface area contributed by atoms with Gasteiger partial charge >= 0.3 is 0 Å². The van der Waals surface area contributed by atoms with Crippen LogP contribution >= 0.6 is 0 Å². The van der Waals surface area contributed by atoms with Crippen LogP contribution in [0.2, 0.25) is 0 Å². The van der Waals surface area contributed by atoms with Gasteiger partial charge in [0, 0.05) is 19.7 Å². The maximum atomic E-state index is 10.8. The molecule has 0 aliphatic carbocycles. The Morgan fingerprint density at radius 3 is 2.90 bits per heavy atom. The Morgan fingerprint density at radius 2 is 2.50 bits per heavy atom. The van der Waals surface area contributed by atoms with Crippen LogP contribution in [0.3, 0.4) is 0 Å². The second-order valence-electron chi connectivity index (χ2n) is 2.59. The van der Waals surface area contributed by atoms with Crippen molar-refractivity contribution in [1.29, 1.82) is 5.41 Å². The quantitative estimate of drug-likeness (QED) is 0.534. The second kappa shape index (κ2) is 2.82. The fourth-order valence-electron chi connectivity index (χ4n) is 1.36. The van der Waals surface area contributed by atoms with E-state index in [-0.39, 0.29) is 11.9 Å². The number of nitrogens with one attached hydrogen (secondary N) is 1. The molecule has 1 fully saturated rings. The first-order valence-corrected chi connectivity index (χ1v) is 3.53. The van der Waals surface area contributed by atoms with Crippen LogP contribution in [0.1, 0.15) is 19.8 Å². The first kappa shape index (κ1) is 7.25. The fourth-order valence-corrected chi connectivity index (χ4v) is 1.36. The largest absolute Gasteiger partial charge is 0.335 e. The van der Waals surface area contributed by atoms with Gasteiger partial charge in [0.25, 0.3) is 0 Å². The van der Waals surface area contributed by atoms with Gasteiger partial charge in [0.1, 0.15) is 0 Å². The van der Waals surface area contributed by atoms with Crippen molar-refractivity contribution in [2.24, 2.45) is 0 Å². The molecule has 1 saturated heterocycles. The topological polar surface area (TPSA) is 44.2 Å². The van der Waals surface area contributed by atoms with Gasteiger partial charge in [-0.15, -0.1) is 0 Å². The van der Waals surface area contributed by atoms with Gasteiger partial charge in [-0.3, -0.25) is 4.79 Å². The van der Waals surface area contributed by atoms with E-state index in [9.17, 15) is 4.79 Å². The van der Waals surface area contributed by atoms with Crippen molar-refractivity contribution in [2.75, 3.05) is 6.54 Å². The van der Waals surface area contributed by atoms with E-state index in [1.165, 1.54) is 6.21 Å². The van der Waals surface area contributed by atoms with Crippen LogP contribution < -0.4 is 0 Å². The minimum absolute atomic E-state index is 0.0810. The number of hydrogen-bond acceptors (Lipinski definition) is 2. The van der Waals surface area contributed by atoms with E-state index in [0.717, 1.165) is 19.4 Å². The van der Waals surface area contributed by atoms with Crippen LogP contribution in [0.15, 0.2) is 0 Å². The standard InChI is InChI=1S/C7H12N2O/c1-6(10)9-4-2-3-7(9)5-8/h5,7-8H,2-4H2,1H3. The molecule has 3 nitrogen and oxygen atoms in total. The van der Waals surface area contributed by atoms with Crippen molar-refractivity contribution < 1.29 is 4.79 Å². The van der Waals surface area contributed by atoms with Gasteiger partial charge in [-0.1, -0.05) is 0 Å². The number of carbonyl (C=O) groups is 1. The molecule has 1 unspecified atom stereocenters. The zero-order valence-electron chi connectivity index (χ0n) is 6.13. The molecule has 56 valence electrons. The van der Waals surface area contributed by atoms with Crippen molar-refractivity contribution in [1.82, 2.24) is 4.90 Å². The highest BCUT2D eigenvalue weighted by Crippen LogP contribution is 2.14. The normalized spacial score (nSPS) is 24.9. The molecule has 0 aromatic heterocycles. The molecule has 1 aliphatic heterocycles. The molecular weight excluding hydrogens is 128 g/mol. The lowest BCUT2D eigenvalue weighted by molar-refractivity contribution is -0.128. The van der Waals surface area contributed by atoms with E-state index in [0.29, 0.717) is 0 Å². The molecule has 1 aliphatic rings. The Kier molecular flexibility index (Phi) is 2.04. The summed E-state index contributed by atoms with van der Waals surface area (Å²) in [5.74, 6) is 0.0889. The summed E-state index contributed by atoms with van der Waals surface area (Å²) in [6.45, 7) is 2.39. The van der Waals surface area contributed by atoms with Crippen molar-refractivity contribution in [3.8, 4) is 0 Å². The highest BCUT2D eigenvalue weighted by molar-refractivity contribution is 5.78. The van der Waals surface area contributed by atoms with Crippen LogP contribution in [-0.2, 0) is 4.79 Å². The minimum atomic E-state index is 0.0810. The lowest BCUT2D eigenvalue weighted by Gasteiger charge is -2.18. The van der Waals surface area contributed by atoms with Crippen molar-refractivity contribution >= 4 is 12.1 Å². The predicted molar refractivity (Wildman–Crippen MR) is 39.2 cm³/mol. The summed E-state index contributed by atoms with van der Waals surface area (Å²) in [4.78, 5) is 12.6. The van der Waals surface area contributed by atoms with Crippen molar-refractivity contribution in [3.05, 3.63) is 0 Å². The summed E-state index contributed by atoms with van der Waals surface area (Å²) in [6, 6.07) is 0.0810. The molecule has 0 radical (unpaired) electrons. The second-order valence-corrected chi connectivity index (χ2v) is 2.59. The Bertz CT molecular complexity index is 156. The zero-order chi connectivity index (χ0) is 7.56. The van der Waals surface area contributed by atoms with Gasteiger partial charge in [-0.25, -0.2) is 0 Å². The molecular formula is C7H12N2O. The van der Waals surface area contributed by atoms with Crippen molar-refractivity contribution in [2.45, 2.75) is 25.8 Å². The smallest absolute Gasteiger partial charge is 0.219 e. The van der Waals surface area contributed by atoms with E-state index in [1.54, 1.807) is 11.8 Å². The highest BCUT2D eigenvalue weighted by Gasteiger charge is 2.23. The van der Waals surface area contributed by atoms with Crippen LogP contribution in [0, 0.1) is 5.41 Å². The Morgan fingerprint density at radius 1 is 1.80 bits per heavy atom. The molecule has 1 atom stereocenters. The van der Waals surface area contributed by atoms with Gasteiger partial charge < -0.3 is 10.3 Å². The van der Waals surface area contributed by atoms with Gasteiger partial charge in [-0.2, -0.15) is 0 Å². The predicted octanol–water partition coefficient (Wildman–Crippen LogP) is 0.647. The Labute approximate surface area is 60.5 Å². The van der Waals surface area contributed by atoms with E-state index < -0.39 is 0 Å². The summed E-state index contributed by atoms with van der Waals surface area (Å²) in [7, 11) is 0. The Balaban J connectivity index is 2.58. The first-order chi connectivity index (χ1) is 4.75. The monoisotopic (exact) mass is 140 g/mol. The van der Waals surface area contributed by atoms with Gasteiger partial charge in [0.15, 0.2) is 0 Å². The summed E-state index contributed by atoms with van der Waals surface area (Å²) in [5.41, 5.74) is 0. The third-order valence-electron chi connectivity index (χ3n) is 1.90. The molecule has 10 heavy (non-hydrogen) atoms. The molecule has 1 heterocycles. The van der Waals surface area contributed by atoms with Crippen LogP contribution in [0.5, 0.6) is 0 Å². The molecule has 1 amide bonds. The first-order valence-electron chi connectivity index (χ1n) is 3.53. The molecule has 0 aromatic rings. The highest BCUT2D eigenvalue weighted by atomic mass is 16.2. The lowest BCUT2D eigenvalue weighted by Crippen LogP contribution is -2.34. The van der Waals surface area contributed by atoms with E-state index >= 15 is 0 Å². The van der Waals surface area contributed by atoms with Gasteiger partial charge in [0.2, 0.25) is 5.91 Å². The summed E-state index contributed by atoms with van der Waals surface area (Å²) >= 11 is 0. The maximum absolute atomic E-state index is 10.8. The van der Waals surface area contributed by atoms with E-state index in [4.69, 9.17) is 5.41 Å². The summed E-state index contributed by atoms with van der Waals surface area (Å²) < 4.78 is 0. The maximum Gasteiger partial charge on any atom is 0.219 e. The molecule has 3 heteroatoms. The van der Waals surface area contributed by atoms with Gasteiger partial charge in [-0.05, 0) is 12.8 Å². The number of carbonyl (C=O) groups excluding carboxylic acids is 1. The molecule has 0 saturated carbocycles. The number of nitrogens with zero attached hydrogens (tertiary/aromatic N) is 1. The minimum Gasteiger partial charge on any atom is -0.335 e. The van der Waals surface area contributed by atoms with Crippen LogP contribution in [0.25, 0.3) is 0 Å². The number of likely N-dealkylation sites (tertiary alicyclic amines) is 1. The third-order valence-corrected chi connectivity index (χ3v) is 1.90. The average molecular weight is 140 g/mol. The van der Waals surface area contributed by atoms with E-state index in [2.05, 4.69) is 0 Å². The van der Waals surface area contributed by atoms with Crippen LogP contribution in [-0.4, -0.2) is 29.6 Å². The Hall–Kier alpha value is -0.860. The van der Waals surface area contributed by atoms with Crippen LogP contribution in [0.4, 0.5) is 0 Å². The van der Waals surface area contributed by atoms with Gasteiger partial charge in [0.05, 0.1) is 6.04 Å². The number of hydrogen-bond donors (Lipinski definition) is 1. The SMILES string of the molecule is CC(=O)N1CCCC1C=N. The number of rotatable bonds is 1. The number of amides is 1. The zero-order valence-corrected chi connectivity index (χ0v) is 6.13. The average Bonchev–Trinajstić information content (AvgIpc) is 2.33.